The van der Waals surface area contributed by atoms with Gasteiger partial charge in [-0.15, -0.1) is 0 Å². The quantitative estimate of drug-likeness (QED) is 0.854. The van der Waals surface area contributed by atoms with Crippen molar-refractivity contribution in [2.45, 2.75) is 38.5 Å². The van der Waals surface area contributed by atoms with E-state index in [1.165, 1.54) is 0 Å². The topological polar surface area (TPSA) is 65.6 Å². The van der Waals surface area contributed by atoms with Gasteiger partial charge in [-0.25, -0.2) is 0 Å². The number of aromatic amines is 1. The number of rotatable bonds is 6. The molecular weight excluding hydrogens is 318 g/mol. The van der Waals surface area contributed by atoms with Crippen molar-refractivity contribution >= 4 is 11.8 Å². The van der Waals surface area contributed by atoms with Crippen molar-refractivity contribution in [1.29, 1.82) is 0 Å². The first kappa shape index (κ1) is 18.0. The maximum absolute atomic E-state index is 12.9. The number of carbonyl (C=O) groups excluding carboxylic acids is 2. The monoisotopic (exact) mass is 347 g/mol. The number of H-pyrrole nitrogens is 1. The lowest BCUT2D eigenvalue weighted by molar-refractivity contribution is -0.138. The molecule has 1 N–H and O–H groups in total. The summed E-state index contributed by atoms with van der Waals surface area (Å²) in [5, 5.41) is 0. The van der Waals surface area contributed by atoms with Crippen molar-refractivity contribution < 1.29 is 14.3 Å². The van der Waals surface area contributed by atoms with E-state index in [9.17, 15) is 9.59 Å². The third kappa shape index (κ3) is 4.06. The van der Waals surface area contributed by atoms with Crippen LogP contribution >= 0.6 is 0 Å². The molecule has 0 bridgehead atoms. The van der Waals surface area contributed by atoms with Crippen LogP contribution in [0.2, 0.25) is 0 Å². The van der Waals surface area contributed by atoms with Gasteiger partial charge >= 0.3 is 0 Å². The Morgan fingerprint density at radius 1 is 1.28 bits per heavy atom. The van der Waals surface area contributed by atoms with Crippen LogP contribution in [0, 0.1) is 5.41 Å². The van der Waals surface area contributed by atoms with Gasteiger partial charge in [-0.1, -0.05) is 0 Å². The number of hydrogen-bond donors (Lipinski definition) is 1. The molecule has 3 rings (SSSR count). The zero-order valence-electron chi connectivity index (χ0n) is 15.1. The number of nitrogens with one attached hydrogen (secondary N) is 1. The van der Waals surface area contributed by atoms with E-state index in [-0.39, 0.29) is 17.2 Å². The van der Waals surface area contributed by atoms with Gasteiger partial charge < -0.3 is 19.5 Å². The molecule has 2 aliphatic heterocycles. The summed E-state index contributed by atoms with van der Waals surface area (Å²) in [5.74, 6) is 0.471. The largest absolute Gasteiger partial charge is 0.383 e. The number of nitrogens with zero attached hydrogens (tertiary/aromatic N) is 2. The lowest BCUT2D eigenvalue weighted by Gasteiger charge is -2.26. The Labute approximate surface area is 149 Å². The van der Waals surface area contributed by atoms with Gasteiger partial charge in [0.25, 0.3) is 0 Å². The molecule has 1 aromatic rings. The highest BCUT2D eigenvalue weighted by atomic mass is 16.5. The van der Waals surface area contributed by atoms with E-state index in [1.54, 1.807) is 7.11 Å². The van der Waals surface area contributed by atoms with Gasteiger partial charge in [0, 0.05) is 51.6 Å². The zero-order valence-corrected chi connectivity index (χ0v) is 15.1. The second-order valence-corrected chi connectivity index (χ2v) is 7.25. The predicted octanol–water partition coefficient (Wildman–Crippen LogP) is 1.82. The fourth-order valence-electron chi connectivity index (χ4n) is 4.14. The van der Waals surface area contributed by atoms with Crippen LogP contribution in [-0.2, 0) is 20.7 Å². The minimum absolute atomic E-state index is 0.202. The van der Waals surface area contributed by atoms with Crippen LogP contribution in [0.15, 0.2) is 18.3 Å². The lowest BCUT2D eigenvalue weighted by Crippen LogP contribution is -2.37. The Balaban J connectivity index is 1.53. The summed E-state index contributed by atoms with van der Waals surface area (Å²) in [6.45, 7) is 3.56. The second kappa shape index (κ2) is 8.04. The summed E-state index contributed by atoms with van der Waals surface area (Å²) < 4.78 is 5.11. The highest BCUT2D eigenvalue weighted by molar-refractivity contribution is 5.85. The number of amides is 2. The fraction of sp³-hybridized carbons (Fsp3) is 0.684. The fourth-order valence-corrected chi connectivity index (χ4v) is 4.14. The molecule has 1 atom stereocenters. The van der Waals surface area contributed by atoms with E-state index >= 15 is 0 Å². The molecule has 2 aliphatic rings. The van der Waals surface area contributed by atoms with Gasteiger partial charge in [-0.05, 0) is 44.2 Å². The van der Waals surface area contributed by atoms with E-state index in [0.717, 1.165) is 50.9 Å². The van der Waals surface area contributed by atoms with Crippen LogP contribution in [0.1, 0.15) is 37.8 Å². The lowest BCUT2D eigenvalue weighted by atomic mass is 9.79. The maximum Gasteiger partial charge on any atom is 0.229 e. The highest BCUT2D eigenvalue weighted by Gasteiger charge is 2.46. The number of aryl methyl sites for hydroxylation is 1. The Morgan fingerprint density at radius 2 is 2.12 bits per heavy atom. The SMILES string of the molecule is COCCN1CCC2(CCCN(C(=O)CCc3ccc[nH]3)CC2)C1=O. The molecule has 2 fully saturated rings. The van der Waals surface area contributed by atoms with Crippen LogP contribution in [0.3, 0.4) is 0 Å². The number of ether oxygens (including phenoxy) is 1. The molecule has 6 nitrogen and oxygen atoms in total. The number of carbonyl (C=O) groups is 2. The first-order valence-corrected chi connectivity index (χ1v) is 9.33. The summed E-state index contributed by atoms with van der Waals surface area (Å²) in [6, 6.07) is 3.97. The van der Waals surface area contributed by atoms with Gasteiger partial charge in [0.2, 0.25) is 11.8 Å². The average molecular weight is 347 g/mol. The Hall–Kier alpha value is -1.82. The molecule has 0 radical (unpaired) electrons. The molecule has 25 heavy (non-hydrogen) atoms. The van der Waals surface area contributed by atoms with Crippen molar-refractivity contribution in [2.75, 3.05) is 39.9 Å². The minimum atomic E-state index is -0.248. The molecule has 1 spiro atoms. The molecule has 1 unspecified atom stereocenters. The van der Waals surface area contributed by atoms with Crippen molar-refractivity contribution in [3.63, 3.8) is 0 Å². The van der Waals surface area contributed by atoms with Gasteiger partial charge in [-0.3, -0.25) is 9.59 Å². The first-order chi connectivity index (χ1) is 12.1. The molecule has 138 valence electrons. The molecule has 0 saturated carbocycles. The standard InChI is InChI=1S/C19H29N3O3/c1-25-15-14-22-13-9-19(18(22)24)7-3-11-21(12-8-19)17(23)6-5-16-4-2-10-20-16/h2,4,10,20H,3,5-9,11-15H2,1H3. The molecule has 1 aromatic heterocycles. The molecular formula is C19H29N3O3. The maximum atomic E-state index is 12.9. The first-order valence-electron chi connectivity index (χ1n) is 9.33. The van der Waals surface area contributed by atoms with Crippen LogP contribution < -0.4 is 0 Å². The Morgan fingerprint density at radius 3 is 2.88 bits per heavy atom. The average Bonchev–Trinajstić information content (AvgIpc) is 3.17. The Kier molecular flexibility index (Phi) is 5.78. The smallest absolute Gasteiger partial charge is 0.229 e. The summed E-state index contributed by atoms with van der Waals surface area (Å²) in [4.78, 5) is 32.4. The summed E-state index contributed by atoms with van der Waals surface area (Å²) >= 11 is 0. The van der Waals surface area contributed by atoms with Crippen LogP contribution in [0.4, 0.5) is 0 Å². The minimum Gasteiger partial charge on any atom is -0.383 e. The van der Waals surface area contributed by atoms with Crippen molar-refractivity contribution in [3.8, 4) is 0 Å². The summed E-state index contributed by atoms with van der Waals surface area (Å²) in [6.07, 6.45) is 6.69. The van der Waals surface area contributed by atoms with E-state index in [2.05, 4.69) is 4.98 Å². The van der Waals surface area contributed by atoms with Gasteiger partial charge in [0.1, 0.15) is 0 Å². The number of likely N-dealkylation sites (tertiary alicyclic amines) is 2. The number of hydrogen-bond acceptors (Lipinski definition) is 3. The number of aromatic nitrogens is 1. The van der Waals surface area contributed by atoms with Crippen LogP contribution in [0.5, 0.6) is 0 Å². The predicted molar refractivity (Wildman–Crippen MR) is 95.1 cm³/mol. The van der Waals surface area contributed by atoms with E-state index in [1.807, 2.05) is 28.1 Å². The normalized spacial score (nSPS) is 24.1. The van der Waals surface area contributed by atoms with Gasteiger partial charge in [0.15, 0.2) is 0 Å². The van der Waals surface area contributed by atoms with E-state index in [0.29, 0.717) is 26.1 Å². The van der Waals surface area contributed by atoms with Crippen molar-refractivity contribution in [2.24, 2.45) is 5.41 Å². The molecule has 2 saturated heterocycles. The van der Waals surface area contributed by atoms with Gasteiger partial charge in [0.05, 0.1) is 12.0 Å². The number of methoxy groups -OCH3 is 1. The molecule has 3 heterocycles. The van der Waals surface area contributed by atoms with Crippen LogP contribution in [-0.4, -0.2) is 66.5 Å². The molecule has 6 heteroatoms. The molecule has 0 aliphatic carbocycles. The zero-order chi connectivity index (χ0) is 17.7. The molecule has 0 aromatic carbocycles. The third-order valence-corrected chi connectivity index (χ3v) is 5.73. The van der Waals surface area contributed by atoms with Crippen molar-refractivity contribution in [1.82, 2.24) is 14.8 Å². The van der Waals surface area contributed by atoms with Gasteiger partial charge in [-0.2, -0.15) is 0 Å². The third-order valence-electron chi connectivity index (χ3n) is 5.73. The Bertz CT molecular complexity index is 587. The van der Waals surface area contributed by atoms with Crippen LogP contribution in [0.25, 0.3) is 0 Å². The van der Waals surface area contributed by atoms with E-state index < -0.39 is 0 Å². The van der Waals surface area contributed by atoms with Crippen molar-refractivity contribution in [3.05, 3.63) is 24.0 Å². The second-order valence-electron chi connectivity index (χ2n) is 7.25. The van der Waals surface area contributed by atoms with E-state index in [4.69, 9.17) is 4.74 Å². The highest BCUT2D eigenvalue weighted by Crippen LogP contribution is 2.41. The summed E-state index contributed by atoms with van der Waals surface area (Å²) in [7, 11) is 1.67. The summed E-state index contributed by atoms with van der Waals surface area (Å²) in [5.41, 5.74) is 0.849. The molecule has 2 amide bonds.